The summed E-state index contributed by atoms with van der Waals surface area (Å²) in [6, 6.07) is 26.1. The molecule has 2 heteroatoms. The van der Waals surface area contributed by atoms with Gasteiger partial charge in [0, 0.05) is 16.7 Å². The van der Waals surface area contributed by atoms with Gasteiger partial charge in [-0.25, -0.2) is 9.37 Å². The normalized spacial score (nSPS) is 12.4. The molecule has 136 valence electrons. The highest BCUT2D eigenvalue weighted by Crippen LogP contribution is 2.41. The molecule has 1 aromatic heterocycles. The van der Waals surface area contributed by atoms with Crippen LogP contribution >= 0.6 is 0 Å². The standard InChI is InChI=1S/C26H20FN/c1-17-11-13-19(14-12-17)23-22-16-15-18-7-5-6-10-21(18)26(22)28-25(24(23)27)20-8-3-2-4-9-20/h2-14H,15-16H2,1H3. The summed E-state index contributed by atoms with van der Waals surface area (Å²) in [4.78, 5) is 4.85. The second-order valence-electron chi connectivity index (χ2n) is 7.37. The van der Waals surface area contributed by atoms with Crippen molar-refractivity contribution >= 4 is 0 Å². The van der Waals surface area contributed by atoms with Crippen LogP contribution in [0.5, 0.6) is 0 Å². The zero-order chi connectivity index (χ0) is 19.1. The van der Waals surface area contributed by atoms with Gasteiger partial charge in [-0.15, -0.1) is 0 Å². The number of nitrogens with zero attached hydrogens (tertiary/aromatic N) is 1. The van der Waals surface area contributed by atoms with E-state index in [2.05, 4.69) is 18.2 Å². The van der Waals surface area contributed by atoms with Gasteiger partial charge >= 0.3 is 0 Å². The van der Waals surface area contributed by atoms with Gasteiger partial charge in [-0.2, -0.15) is 0 Å². The van der Waals surface area contributed by atoms with Crippen molar-refractivity contribution in [2.24, 2.45) is 0 Å². The van der Waals surface area contributed by atoms with Crippen molar-refractivity contribution < 1.29 is 4.39 Å². The van der Waals surface area contributed by atoms with E-state index < -0.39 is 0 Å². The van der Waals surface area contributed by atoms with E-state index in [1.54, 1.807) is 0 Å². The Morgan fingerprint density at radius 1 is 0.714 bits per heavy atom. The SMILES string of the molecule is Cc1ccc(-c2c(F)c(-c3ccccc3)nc3c2CCc2ccccc2-3)cc1. The van der Waals surface area contributed by atoms with Crippen molar-refractivity contribution in [3.8, 4) is 33.6 Å². The fraction of sp³-hybridized carbons (Fsp3) is 0.115. The predicted octanol–water partition coefficient (Wildman–Crippen LogP) is 6.63. The molecule has 0 saturated carbocycles. The van der Waals surface area contributed by atoms with Crippen LogP contribution in [0.3, 0.4) is 0 Å². The van der Waals surface area contributed by atoms with Crippen molar-refractivity contribution in [3.05, 3.63) is 101 Å². The highest BCUT2D eigenvalue weighted by atomic mass is 19.1. The summed E-state index contributed by atoms with van der Waals surface area (Å²) in [6.45, 7) is 2.05. The second kappa shape index (κ2) is 6.72. The van der Waals surface area contributed by atoms with Gasteiger partial charge in [0.25, 0.3) is 0 Å². The Bertz CT molecular complexity index is 1160. The van der Waals surface area contributed by atoms with E-state index in [-0.39, 0.29) is 5.82 Å². The lowest BCUT2D eigenvalue weighted by atomic mass is 9.84. The van der Waals surface area contributed by atoms with Crippen LogP contribution in [0.15, 0.2) is 78.9 Å². The first kappa shape index (κ1) is 16.9. The molecule has 0 fully saturated rings. The van der Waals surface area contributed by atoms with Gasteiger partial charge in [-0.1, -0.05) is 84.4 Å². The maximum atomic E-state index is 15.8. The van der Waals surface area contributed by atoms with Crippen molar-refractivity contribution in [2.75, 3.05) is 0 Å². The molecule has 0 amide bonds. The van der Waals surface area contributed by atoms with Gasteiger partial charge < -0.3 is 0 Å². The molecule has 0 aliphatic heterocycles. The summed E-state index contributed by atoms with van der Waals surface area (Å²) in [5, 5.41) is 0. The third-order valence-electron chi connectivity index (χ3n) is 5.54. The maximum Gasteiger partial charge on any atom is 0.157 e. The molecule has 0 saturated heterocycles. The fourth-order valence-corrected chi connectivity index (χ4v) is 4.10. The number of fused-ring (bicyclic) bond motifs is 3. The van der Waals surface area contributed by atoms with Gasteiger partial charge in [0.15, 0.2) is 5.82 Å². The number of halogens is 1. The van der Waals surface area contributed by atoms with Crippen molar-refractivity contribution in [3.63, 3.8) is 0 Å². The number of hydrogen-bond donors (Lipinski definition) is 0. The van der Waals surface area contributed by atoms with E-state index >= 15 is 4.39 Å². The number of aryl methyl sites for hydroxylation is 2. The Labute approximate surface area is 164 Å². The highest BCUT2D eigenvalue weighted by molar-refractivity contribution is 5.83. The molecule has 1 nitrogen and oxygen atoms in total. The Morgan fingerprint density at radius 2 is 1.43 bits per heavy atom. The van der Waals surface area contributed by atoms with E-state index in [1.807, 2.05) is 67.6 Å². The number of rotatable bonds is 2. The summed E-state index contributed by atoms with van der Waals surface area (Å²) in [7, 11) is 0. The van der Waals surface area contributed by atoms with Crippen molar-refractivity contribution in [1.82, 2.24) is 4.98 Å². The van der Waals surface area contributed by atoms with Crippen LogP contribution in [0.1, 0.15) is 16.7 Å². The lowest BCUT2D eigenvalue weighted by molar-refractivity contribution is 0.626. The number of aromatic nitrogens is 1. The van der Waals surface area contributed by atoms with Crippen LogP contribution in [0.4, 0.5) is 4.39 Å². The molecular formula is C26H20FN. The number of pyridine rings is 1. The van der Waals surface area contributed by atoms with Crippen LogP contribution in [0, 0.1) is 12.7 Å². The van der Waals surface area contributed by atoms with Crippen LogP contribution in [-0.4, -0.2) is 4.98 Å². The third-order valence-corrected chi connectivity index (χ3v) is 5.54. The topological polar surface area (TPSA) is 12.9 Å². The van der Waals surface area contributed by atoms with Gasteiger partial charge in [-0.05, 0) is 36.5 Å². The summed E-state index contributed by atoms with van der Waals surface area (Å²) in [5.41, 5.74) is 8.33. The van der Waals surface area contributed by atoms with E-state index in [4.69, 9.17) is 4.98 Å². The molecule has 3 aromatic carbocycles. The lowest BCUT2D eigenvalue weighted by Gasteiger charge is -2.24. The van der Waals surface area contributed by atoms with Crippen LogP contribution in [-0.2, 0) is 12.8 Å². The molecule has 1 heterocycles. The largest absolute Gasteiger partial charge is 0.244 e. The molecule has 4 aromatic rings. The van der Waals surface area contributed by atoms with E-state index in [9.17, 15) is 0 Å². The predicted molar refractivity (Wildman–Crippen MR) is 113 cm³/mol. The first-order valence-corrected chi connectivity index (χ1v) is 9.65. The van der Waals surface area contributed by atoms with Gasteiger partial charge in [0.05, 0.1) is 5.69 Å². The number of hydrogen-bond acceptors (Lipinski definition) is 1. The minimum Gasteiger partial charge on any atom is -0.244 e. The quantitative estimate of drug-likeness (QED) is 0.388. The summed E-state index contributed by atoms with van der Waals surface area (Å²) < 4.78 is 15.8. The lowest BCUT2D eigenvalue weighted by Crippen LogP contribution is -2.10. The molecule has 0 radical (unpaired) electrons. The minimum atomic E-state index is -0.229. The maximum absolute atomic E-state index is 15.8. The first-order valence-electron chi connectivity index (χ1n) is 9.65. The average molecular weight is 365 g/mol. The third kappa shape index (κ3) is 2.73. The molecule has 0 atom stereocenters. The summed E-state index contributed by atoms with van der Waals surface area (Å²) >= 11 is 0. The average Bonchev–Trinajstić information content (AvgIpc) is 2.74. The van der Waals surface area contributed by atoms with Crippen LogP contribution in [0.25, 0.3) is 33.6 Å². The van der Waals surface area contributed by atoms with Gasteiger partial charge in [0.1, 0.15) is 5.69 Å². The fourth-order valence-electron chi connectivity index (χ4n) is 4.10. The Morgan fingerprint density at radius 3 is 2.21 bits per heavy atom. The Kier molecular flexibility index (Phi) is 4.05. The molecule has 0 spiro atoms. The van der Waals surface area contributed by atoms with Crippen LogP contribution in [0.2, 0.25) is 0 Å². The number of benzene rings is 3. The van der Waals surface area contributed by atoms with E-state index in [0.29, 0.717) is 11.3 Å². The van der Waals surface area contributed by atoms with E-state index in [1.165, 1.54) is 11.1 Å². The van der Waals surface area contributed by atoms with Crippen LogP contribution < -0.4 is 0 Å². The van der Waals surface area contributed by atoms with Gasteiger partial charge in [0.2, 0.25) is 0 Å². The molecule has 0 bridgehead atoms. The molecule has 28 heavy (non-hydrogen) atoms. The zero-order valence-corrected chi connectivity index (χ0v) is 15.7. The molecule has 1 aliphatic carbocycles. The molecule has 5 rings (SSSR count). The minimum absolute atomic E-state index is 0.229. The Balaban J connectivity index is 1.85. The molecule has 0 unspecified atom stereocenters. The zero-order valence-electron chi connectivity index (χ0n) is 15.7. The molecule has 1 aliphatic rings. The molecular weight excluding hydrogens is 345 g/mol. The Hall–Kier alpha value is -3.26. The van der Waals surface area contributed by atoms with Crippen molar-refractivity contribution in [2.45, 2.75) is 19.8 Å². The highest BCUT2D eigenvalue weighted by Gasteiger charge is 2.26. The smallest absolute Gasteiger partial charge is 0.157 e. The summed E-state index contributed by atoms with van der Waals surface area (Å²) in [6.07, 6.45) is 1.71. The second-order valence-corrected chi connectivity index (χ2v) is 7.37. The summed E-state index contributed by atoms with van der Waals surface area (Å²) in [5.74, 6) is -0.229. The van der Waals surface area contributed by atoms with Gasteiger partial charge in [-0.3, -0.25) is 0 Å². The monoisotopic (exact) mass is 365 g/mol. The first-order chi connectivity index (χ1) is 13.7. The van der Waals surface area contributed by atoms with Crippen molar-refractivity contribution in [1.29, 1.82) is 0 Å². The van der Waals surface area contributed by atoms with E-state index in [0.717, 1.165) is 40.8 Å². The molecule has 0 N–H and O–H groups in total.